The number of rotatable bonds is 9. The molecule has 2 aromatic rings. The third-order valence-corrected chi connectivity index (χ3v) is 3.97. The molecule has 5 heteroatoms. The molecule has 0 N–H and O–H groups in total. The number of nitrogens with zero attached hydrogens (tertiary/aromatic N) is 1. The van der Waals surface area contributed by atoms with Crippen molar-refractivity contribution in [1.29, 1.82) is 0 Å². The lowest BCUT2D eigenvalue weighted by atomic mass is 10.1. The standard InChI is InChI=1S/C21H25NO4/c1-3-26-21(24)13-14-22(16-18-7-5-4-6-8-18)20(23)15-17-9-11-19(25-2)12-10-17/h4-12H,3,13-16H2,1-2H3. The van der Waals surface area contributed by atoms with Gasteiger partial charge in [0.1, 0.15) is 5.75 Å². The summed E-state index contributed by atoms with van der Waals surface area (Å²) in [6, 6.07) is 17.2. The molecule has 0 saturated carbocycles. The number of benzene rings is 2. The summed E-state index contributed by atoms with van der Waals surface area (Å²) in [4.78, 5) is 26.2. The minimum atomic E-state index is -0.289. The van der Waals surface area contributed by atoms with Gasteiger partial charge >= 0.3 is 5.97 Å². The summed E-state index contributed by atoms with van der Waals surface area (Å²) >= 11 is 0. The molecule has 0 spiro atoms. The molecule has 0 radical (unpaired) electrons. The highest BCUT2D eigenvalue weighted by molar-refractivity contribution is 5.79. The maximum Gasteiger partial charge on any atom is 0.307 e. The Morgan fingerprint density at radius 1 is 0.962 bits per heavy atom. The minimum Gasteiger partial charge on any atom is -0.497 e. The Bertz CT molecular complexity index is 698. The van der Waals surface area contributed by atoms with Crippen molar-refractivity contribution in [1.82, 2.24) is 4.90 Å². The summed E-state index contributed by atoms with van der Waals surface area (Å²) < 4.78 is 10.1. The van der Waals surface area contributed by atoms with Crippen LogP contribution in [-0.4, -0.2) is 37.0 Å². The van der Waals surface area contributed by atoms with Crippen molar-refractivity contribution in [3.63, 3.8) is 0 Å². The molecule has 2 aromatic carbocycles. The maximum absolute atomic E-state index is 12.8. The average molecular weight is 355 g/mol. The van der Waals surface area contributed by atoms with Crippen molar-refractivity contribution in [3.05, 3.63) is 65.7 Å². The van der Waals surface area contributed by atoms with Crippen LogP contribution < -0.4 is 4.74 Å². The van der Waals surface area contributed by atoms with E-state index in [1.807, 2.05) is 54.6 Å². The topological polar surface area (TPSA) is 55.8 Å². The molecule has 138 valence electrons. The third-order valence-electron chi connectivity index (χ3n) is 3.97. The molecule has 0 unspecified atom stereocenters. The van der Waals surface area contributed by atoms with Crippen molar-refractivity contribution in [2.75, 3.05) is 20.3 Å². The predicted molar refractivity (Wildman–Crippen MR) is 99.8 cm³/mol. The summed E-state index contributed by atoms with van der Waals surface area (Å²) in [5.41, 5.74) is 1.93. The van der Waals surface area contributed by atoms with Crippen LogP contribution in [0.3, 0.4) is 0 Å². The number of hydrogen-bond donors (Lipinski definition) is 0. The van der Waals surface area contributed by atoms with Gasteiger partial charge in [-0.25, -0.2) is 0 Å². The Balaban J connectivity index is 2.04. The van der Waals surface area contributed by atoms with Crippen LogP contribution >= 0.6 is 0 Å². The van der Waals surface area contributed by atoms with E-state index in [1.165, 1.54) is 0 Å². The smallest absolute Gasteiger partial charge is 0.307 e. The van der Waals surface area contributed by atoms with Gasteiger partial charge in [0.25, 0.3) is 0 Å². The molecule has 0 aromatic heterocycles. The van der Waals surface area contributed by atoms with E-state index >= 15 is 0 Å². The van der Waals surface area contributed by atoms with Crippen LogP contribution in [0.2, 0.25) is 0 Å². The Morgan fingerprint density at radius 2 is 1.65 bits per heavy atom. The fourth-order valence-corrected chi connectivity index (χ4v) is 2.58. The Morgan fingerprint density at radius 3 is 2.27 bits per heavy atom. The lowest BCUT2D eigenvalue weighted by Crippen LogP contribution is -2.34. The molecule has 0 aliphatic rings. The zero-order valence-electron chi connectivity index (χ0n) is 15.3. The molecule has 0 heterocycles. The summed E-state index contributed by atoms with van der Waals surface area (Å²) in [5, 5.41) is 0. The Labute approximate surface area is 154 Å². The molecular formula is C21H25NO4. The molecular weight excluding hydrogens is 330 g/mol. The van der Waals surface area contributed by atoms with E-state index in [0.29, 0.717) is 19.7 Å². The van der Waals surface area contributed by atoms with E-state index in [0.717, 1.165) is 16.9 Å². The fraction of sp³-hybridized carbons (Fsp3) is 0.333. The van der Waals surface area contributed by atoms with Crippen LogP contribution in [0.15, 0.2) is 54.6 Å². The van der Waals surface area contributed by atoms with Gasteiger partial charge in [-0.15, -0.1) is 0 Å². The van der Waals surface area contributed by atoms with Crippen molar-refractivity contribution in [3.8, 4) is 5.75 Å². The zero-order chi connectivity index (χ0) is 18.8. The second-order valence-corrected chi connectivity index (χ2v) is 5.88. The summed E-state index contributed by atoms with van der Waals surface area (Å²) in [7, 11) is 1.61. The van der Waals surface area contributed by atoms with Crippen molar-refractivity contribution in [2.24, 2.45) is 0 Å². The third kappa shape index (κ3) is 6.24. The first-order valence-electron chi connectivity index (χ1n) is 8.72. The van der Waals surface area contributed by atoms with Gasteiger partial charge in [0.05, 0.1) is 26.6 Å². The fourth-order valence-electron chi connectivity index (χ4n) is 2.58. The van der Waals surface area contributed by atoms with Crippen LogP contribution in [0.1, 0.15) is 24.5 Å². The number of methoxy groups -OCH3 is 1. The lowest BCUT2D eigenvalue weighted by Gasteiger charge is -2.23. The second kappa shape index (κ2) is 10.2. The summed E-state index contributed by atoms with van der Waals surface area (Å²) in [6.45, 7) is 2.92. The molecule has 0 fully saturated rings. The molecule has 0 aliphatic heterocycles. The van der Waals surface area contributed by atoms with Gasteiger partial charge in [-0.1, -0.05) is 42.5 Å². The number of esters is 1. The number of carbonyl (C=O) groups excluding carboxylic acids is 2. The van der Waals surface area contributed by atoms with Crippen LogP contribution in [0.5, 0.6) is 5.75 Å². The van der Waals surface area contributed by atoms with Crippen LogP contribution in [0.25, 0.3) is 0 Å². The molecule has 26 heavy (non-hydrogen) atoms. The van der Waals surface area contributed by atoms with E-state index in [2.05, 4.69) is 0 Å². The second-order valence-electron chi connectivity index (χ2n) is 5.88. The molecule has 2 rings (SSSR count). The number of carbonyl (C=O) groups is 2. The van der Waals surface area contributed by atoms with Gasteiger partial charge in [0.2, 0.25) is 5.91 Å². The number of ether oxygens (including phenoxy) is 2. The van der Waals surface area contributed by atoms with Crippen LogP contribution in [0.4, 0.5) is 0 Å². The van der Waals surface area contributed by atoms with Crippen LogP contribution in [0, 0.1) is 0 Å². The number of amides is 1. The van der Waals surface area contributed by atoms with E-state index in [-0.39, 0.29) is 24.7 Å². The minimum absolute atomic E-state index is 0.0247. The van der Waals surface area contributed by atoms with Gasteiger partial charge < -0.3 is 14.4 Å². The number of hydrogen-bond acceptors (Lipinski definition) is 4. The first kappa shape index (κ1) is 19.5. The molecule has 0 saturated heterocycles. The Hall–Kier alpha value is -2.82. The van der Waals surface area contributed by atoms with Gasteiger partial charge in [0, 0.05) is 13.1 Å². The van der Waals surface area contributed by atoms with E-state index in [9.17, 15) is 9.59 Å². The summed E-state index contributed by atoms with van der Waals surface area (Å²) in [6.07, 6.45) is 0.467. The highest BCUT2D eigenvalue weighted by Crippen LogP contribution is 2.14. The van der Waals surface area contributed by atoms with E-state index in [1.54, 1.807) is 18.9 Å². The van der Waals surface area contributed by atoms with Gasteiger partial charge in [-0.2, -0.15) is 0 Å². The zero-order valence-corrected chi connectivity index (χ0v) is 15.3. The van der Waals surface area contributed by atoms with Gasteiger partial charge in [0.15, 0.2) is 0 Å². The first-order valence-corrected chi connectivity index (χ1v) is 8.72. The molecule has 0 atom stereocenters. The molecule has 0 bridgehead atoms. The highest BCUT2D eigenvalue weighted by atomic mass is 16.5. The normalized spacial score (nSPS) is 10.2. The highest BCUT2D eigenvalue weighted by Gasteiger charge is 2.16. The van der Waals surface area contributed by atoms with Crippen molar-refractivity contribution < 1.29 is 19.1 Å². The SMILES string of the molecule is CCOC(=O)CCN(Cc1ccccc1)C(=O)Cc1ccc(OC)cc1. The van der Waals surface area contributed by atoms with Gasteiger partial charge in [-0.3, -0.25) is 9.59 Å². The molecule has 1 amide bonds. The summed E-state index contributed by atoms with van der Waals surface area (Å²) in [5.74, 6) is 0.441. The van der Waals surface area contributed by atoms with Gasteiger partial charge in [-0.05, 0) is 30.2 Å². The molecule has 0 aliphatic carbocycles. The Kier molecular flexibility index (Phi) is 7.68. The van der Waals surface area contributed by atoms with Crippen molar-refractivity contribution >= 4 is 11.9 Å². The first-order chi connectivity index (χ1) is 12.6. The maximum atomic E-state index is 12.8. The quantitative estimate of drug-likeness (QED) is 0.648. The monoisotopic (exact) mass is 355 g/mol. The van der Waals surface area contributed by atoms with Crippen LogP contribution in [-0.2, 0) is 27.3 Å². The van der Waals surface area contributed by atoms with Crippen molar-refractivity contribution in [2.45, 2.75) is 26.3 Å². The lowest BCUT2D eigenvalue weighted by molar-refractivity contribution is -0.144. The molecule has 5 nitrogen and oxygen atoms in total. The van der Waals surface area contributed by atoms with E-state index < -0.39 is 0 Å². The largest absolute Gasteiger partial charge is 0.497 e. The average Bonchev–Trinajstić information content (AvgIpc) is 2.66. The predicted octanol–water partition coefficient (Wildman–Crippen LogP) is 3.22. The van der Waals surface area contributed by atoms with E-state index in [4.69, 9.17) is 9.47 Å².